The minimum Gasteiger partial charge on any atom is -0.508 e. The lowest BCUT2D eigenvalue weighted by Crippen LogP contribution is -2.05. The van der Waals surface area contributed by atoms with E-state index in [1.807, 2.05) is 26.0 Å². The fourth-order valence-electron chi connectivity index (χ4n) is 1.54. The van der Waals surface area contributed by atoms with Crippen molar-refractivity contribution in [3.8, 4) is 5.75 Å². The minimum absolute atomic E-state index is 0.0304. The summed E-state index contributed by atoms with van der Waals surface area (Å²) in [5.41, 5.74) is 1.92. The zero-order valence-electron chi connectivity index (χ0n) is 9.14. The highest BCUT2D eigenvalue weighted by atomic mass is 32.1. The average molecular weight is 235 g/mol. The summed E-state index contributed by atoms with van der Waals surface area (Å²) in [6, 6.07) is 5.70. The number of rotatable bonds is 3. The van der Waals surface area contributed by atoms with E-state index < -0.39 is 0 Å². The molecule has 16 heavy (non-hydrogen) atoms. The third-order valence-electron chi connectivity index (χ3n) is 2.37. The van der Waals surface area contributed by atoms with E-state index >= 15 is 0 Å². The molecular weight excluding hydrogens is 222 g/mol. The van der Waals surface area contributed by atoms with Gasteiger partial charge in [-0.05, 0) is 25.5 Å². The van der Waals surface area contributed by atoms with Crippen LogP contribution >= 0.6 is 11.5 Å². The molecule has 2 aromatic rings. The molecule has 0 saturated heterocycles. The lowest BCUT2D eigenvalue weighted by Gasteiger charge is -2.15. The van der Waals surface area contributed by atoms with Crippen molar-refractivity contribution in [1.29, 1.82) is 0 Å². The highest BCUT2D eigenvalue weighted by molar-refractivity contribution is 7.09. The van der Waals surface area contributed by atoms with Gasteiger partial charge in [-0.25, -0.2) is 0 Å². The van der Waals surface area contributed by atoms with Crippen molar-refractivity contribution in [2.75, 3.05) is 5.32 Å². The van der Waals surface area contributed by atoms with E-state index in [9.17, 15) is 5.11 Å². The number of phenolic OH excluding ortho intramolecular Hbond substituents is 1. The monoisotopic (exact) mass is 235 g/mol. The molecule has 0 amide bonds. The minimum atomic E-state index is 0.0304. The van der Waals surface area contributed by atoms with Crippen molar-refractivity contribution in [3.63, 3.8) is 0 Å². The zero-order chi connectivity index (χ0) is 11.5. The molecule has 5 heteroatoms. The molecule has 1 atom stereocenters. The summed E-state index contributed by atoms with van der Waals surface area (Å²) in [5.74, 6) is 0.317. The first-order valence-corrected chi connectivity index (χ1v) is 5.77. The fraction of sp³-hybridized carbons (Fsp3) is 0.273. The van der Waals surface area contributed by atoms with E-state index in [0.29, 0.717) is 5.75 Å². The van der Waals surface area contributed by atoms with Crippen molar-refractivity contribution in [2.45, 2.75) is 19.9 Å². The van der Waals surface area contributed by atoms with Gasteiger partial charge in [0.1, 0.15) is 10.8 Å². The van der Waals surface area contributed by atoms with Crippen molar-refractivity contribution < 1.29 is 5.11 Å². The van der Waals surface area contributed by atoms with Gasteiger partial charge in [-0.15, -0.1) is 5.10 Å². The molecule has 1 unspecified atom stereocenters. The molecule has 0 fully saturated rings. The maximum absolute atomic E-state index is 9.82. The number of aromatic hydroxyl groups is 1. The lowest BCUT2D eigenvalue weighted by molar-refractivity contribution is 0.465. The first-order valence-electron chi connectivity index (χ1n) is 5.00. The molecular formula is C11H13N3OS. The Labute approximate surface area is 98.1 Å². The molecule has 1 heterocycles. The number of aromatic nitrogens is 2. The van der Waals surface area contributed by atoms with E-state index in [4.69, 9.17) is 0 Å². The number of phenols is 1. The van der Waals surface area contributed by atoms with E-state index in [1.54, 1.807) is 12.3 Å². The molecule has 84 valence electrons. The summed E-state index contributed by atoms with van der Waals surface area (Å²) in [5, 5.41) is 17.7. The second-order valence-electron chi connectivity index (χ2n) is 3.71. The highest BCUT2D eigenvalue weighted by Gasteiger charge is 2.10. The molecule has 2 rings (SSSR count). The maximum Gasteiger partial charge on any atom is 0.130 e. The van der Waals surface area contributed by atoms with Crippen LogP contribution in [0.25, 0.3) is 0 Å². The summed E-state index contributed by atoms with van der Waals surface area (Å²) in [7, 11) is 0. The number of nitrogens with zero attached hydrogens (tertiary/aromatic N) is 2. The summed E-state index contributed by atoms with van der Waals surface area (Å²) < 4.78 is 3.77. The van der Waals surface area contributed by atoms with Gasteiger partial charge >= 0.3 is 0 Å². The van der Waals surface area contributed by atoms with Crippen LogP contribution in [0.1, 0.15) is 24.1 Å². The van der Waals surface area contributed by atoms with Crippen molar-refractivity contribution in [2.24, 2.45) is 0 Å². The maximum atomic E-state index is 9.82. The Hall–Kier alpha value is -1.62. The third-order valence-corrected chi connectivity index (χ3v) is 2.97. The third kappa shape index (κ3) is 2.30. The number of hydrogen-bond donors (Lipinski definition) is 2. The van der Waals surface area contributed by atoms with Crippen LogP contribution in [0.4, 0.5) is 5.00 Å². The van der Waals surface area contributed by atoms with Crippen molar-refractivity contribution in [1.82, 2.24) is 9.59 Å². The molecule has 0 aliphatic heterocycles. The van der Waals surface area contributed by atoms with Gasteiger partial charge in [0.2, 0.25) is 0 Å². The molecule has 0 aliphatic carbocycles. The van der Waals surface area contributed by atoms with Crippen LogP contribution in [0.3, 0.4) is 0 Å². The summed E-state index contributed by atoms with van der Waals surface area (Å²) in [6.45, 7) is 3.94. The number of aryl methyl sites for hydroxylation is 1. The molecule has 0 saturated carbocycles. The first kappa shape index (κ1) is 10.9. The van der Waals surface area contributed by atoms with Crippen LogP contribution in [0, 0.1) is 6.92 Å². The van der Waals surface area contributed by atoms with Gasteiger partial charge in [-0.2, -0.15) is 0 Å². The molecule has 1 aromatic carbocycles. The topological polar surface area (TPSA) is 58.0 Å². The van der Waals surface area contributed by atoms with Crippen LogP contribution in [0.2, 0.25) is 0 Å². The molecule has 2 N–H and O–H groups in total. The Morgan fingerprint density at radius 3 is 2.88 bits per heavy atom. The van der Waals surface area contributed by atoms with Crippen LogP contribution in [-0.2, 0) is 0 Å². The normalized spacial score (nSPS) is 12.4. The van der Waals surface area contributed by atoms with Crippen LogP contribution in [-0.4, -0.2) is 14.7 Å². The molecule has 0 radical (unpaired) electrons. The Kier molecular flexibility index (Phi) is 3.05. The Bertz CT molecular complexity index is 470. The quantitative estimate of drug-likeness (QED) is 0.858. The first-order chi connectivity index (χ1) is 7.66. The number of benzene rings is 1. The van der Waals surface area contributed by atoms with E-state index in [0.717, 1.165) is 16.1 Å². The largest absolute Gasteiger partial charge is 0.508 e. The Morgan fingerprint density at radius 1 is 1.44 bits per heavy atom. The average Bonchev–Trinajstić information content (AvgIpc) is 2.70. The van der Waals surface area contributed by atoms with Gasteiger partial charge in [-0.3, -0.25) is 0 Å². The van der Waals surface area contributed by atoms with Gasteiger partial charge in [0.25, 0.3) is 0 Å². The lowest BCUT2D eigenvalue weighted by atomic mass is 10.1. The number of anilines is 1. The highest BCUT2D eigenvalue weighted by Crippen LogP contribution is 2.28. The zero-order valence-corrected chi connectivity index (χ0v) is 9.95. The molecule has 4 nitrogen and oxygen atoms in total. The summed E-state index contributed by atoms with van der Waals surface area (Å²) in [4.78, 5) is 0. The fourth-order valence-corrected chi connectivity index (χ4v) is 2.05. The predicted octanol–water partition coefficient (Wildman–Crippen LogP) is 2.73. The van der Waals surface area contributed by atoms with Gasteiger partial charge in [0, 0.05) is 17.1 Å². The van der Waals surface area contributed by atoms with Gasteiger partial charge in [0.05, 0.1) is 12.2 Å². The second-order valence-corrected chi connectivity index (χ2v) is 4.50. The molecule has 0 aliphatic rings. The Morgan fingerprint density at radius 2 is 2.25 bits per heavy atom. The number of hydrogen-bond acceptors (Lipinski definition) is 5. The number of nitrogens with one attached hydrogen (secondary N) is 1. The van der Waals surface area contributed by atoms with Gasteiger partial charge < -0.3 is 10.4 Å². The van der Waals surface area contributed by atoms with Gasteiger partial charge in [-0.1, -0.05) is 16.6 Å². The van der Waals surface area contributed by atoms with Gasteiger partial charge in [0.15, 0.2) is 0 Å². The van der Waals surface area contributed by atoms with Crippen LogP contribution in [0.5, 0.6) is 5.75 Å². The van der Waals surface area contributed by atoms with Crippen LogP contribution in [0.15, 0.2) is 24.4 Å². The molecule has 1 aromatic heterocycles. The van der Waals surface area contributed by atoms with Crippen molar-refractivity contribution >= 4 is 16.5 Å². The van der Waals surface area contributed by atoms with E-state index in [-0.39, 0.29) is 6.04 Å². The Balaban J connectivity index is 2.17. The van der Waals surface area contributed by atoms with E-state index in [2.05, 4.69) is 14.9 Å². The van der Waals surface area contributed by atoms with E-state index in [1.165, 1.54) is 11.5 Å². The predicted molar refractivity (Wildman–Crippen MR) is 64.8 cm³/mol. The SMILES string of the molecule is Cc1ccc(C(C)Nc2cnns2)c(O)c1. The summed E-state index contributed by atoms with van der Waals surface area (Å²) >= 11 is 1.30. The standard InChI is InChI=1S/C11H13N3OS/c1-7-3-4-9(10(15)5-7)8(2)13-11-6-12-14-16-11/h3-6,8,13,15H,1-2H3. The summed E-state index contributed by atoms with van der Waals surface area (Å²) in [6.07, 6.45) is 1.67. The second kappa shape index (κ2) is 4.49. The molecule has 0 bridgehead atoms. The molecule has 0 spiro atoms. The van der Waals surface area contributed by atoms with Crippen molar-refractivity contribution in [3.05, 3.63) is 35.5 Å². The smallest absolute Gasteiger partial charge is 0.130 e. The van der Waals surface area contributed by atoms with Crippen LogP contribution < -0.4 is 5.32 Å².